The number of fused-ring (bicyclic) bond motifs is 10. The maximum absolute atomic E-state index is 5.09. The van der Waals surface area contributed by atoms with Crippen LogP contribution in [0.2, 0.25) is 0 Å². The molecule has 69 heavy (non-hydrogen) atoms. The molecular weight excluding hydrogens is 841 g/mol. The number of benzene rings is 10. The third kappa shape index (κ3) is 6.16. The first-order valence-electron chi connectivity index (χ1n) is 23.4. The normalized spacial score (nSPS) is 11.8. The van der Waals surface area contributed by atoms with Crippen LogP contribution in [0.5, 0.6) is 0 Å². The summed E-state index contributed by atoms with van der Waals surface area (Å²) in [5.41, 5.74) is 15.3. The van der Waals surface area contributed by atoms with E-state index in [0.717, 1.165) is 66.9 Å². The number of para-hydroxylation sites is 5. The Labute approximate surface area is 397 Å². The smallest absolute Gasteiger partial charge is 0.164 e. The van der Waals surface area contributed by atoms with Crippen LogP contribution < -0.4 is 0 Å². The second-order valence-corrected chi connectivity index (χ2v) is 17.6. The van der Waals surface area contributed by atoms with Gasteiger partial charge in [-0.2, -0.15) is 0 Å². The number of hydrogen-bond acceptors (Lipinski definition) is 3. The standard InChI is InChI=1S/C63H40N6/c1-5-19-42(20-6-1)61-64-62(43-21-7-2-8-22-43)66-63(65-61)44-35-33-41(34-36-44)52-39-47(68-54-30-16-13-27-48(54)49-28-14-17-31-55(49)68)40-53-50-37-38-57-58(60(50)69(59(52)53)46-25-11-4-12-26-46)51-29-15-18-32-56(51)67(57)45-23-9-3-10-24-45/h1-40H. The van der Waals surface area contributed by atoms with Crippen molar-refractivity contribution in [3.63, 3.8) is 0 Å². The van der Waals surface area contributed by atoms with Crippen molar-refractivity contribution < 1.29 is 0 Å². The molecule has 14 rings (SSSR count). The van der Waals surface area contributed by atoms with E-state index >= 15 is 0 Å². The highest BCUT2D eigenvalue weighted by Crippen LogP contribution is 2.46. The van der Waals surface area contributed by atoms with Gasteiger partial charge in [-0.15, -0.1) is 0 Å². The summed E-state index contributed by atoms with van der Waals surface area (Å²) in [6.45, 7) is 0. The summed E-state index contributed by atoms with van der Waals surface area (Å²) in [4.78, 5) is 15.1. The molecule has 0 aliphatic heterocycles. The molecule has 0 aliphatic rings. The van der Waals surface area contributed by atoms with E-state index in [2.05, 4.69) is 196 Å². The van der Waals surface area contributed by atoms with Gasteiger partial charge < -0.3 is 13.7 Å². The second-order valence-electron chi connectivity index (χ2n) is 17.6. The van der Waals surface area contributed by atoms with Crippen molar-refractivity contribution in [2.75, 3.05) is 0 Å². The number of rotatable bonds is 7. The molecule has 0 atom stereocenters. The van der Waals surface area contributed by atoms with Crippen LogP contribution in [-0.4, -0.2) is 28.7 Å². The third-order valence-corrected chi connectivity index (χ3v) is 13.7. The van der Waals surface area contributed by atoms with Crippen LogP contribution >= 0.6 is 0 Å². The largest absolute Gasteiger partial charge is 0.309 e. The summed E-state index contributed by atoms with van der Waals surface area (Å²) >= 11 is 0. The summed E-state index contributed by atoms with van der Waals surface area (Å²) in [7, 11) is 0. The maximum Gasteiger partial charge on any atom is 0.164 e. The molecule has 0 aliphatic carbocycles. The molecule has 322 valence electrons. The lowest BCUT2D eigenvalue weighted by Gasteiger charge is -2.16. The fourth-order valence-corrected chi connectivity index (χ4v) is 10.6. The van der Waals surface area contributed by atoms with E-state index in [4.69, 9.17) is 15.0 Å². The van der Waals surface area contributed by atoms with Gasteiger partial charge in [0.05, 0.1) is 33.1 Å². The monoisotopic (exact) mass is 880 g/mol. The summed E-state index contributed by atoms with van der Waals surface area (Å²) in [6, 6.07) is 86.5. The van der Waals surface area contributed by atoms with Gasteiger partial charge in [0.2, 0.25) is 0 Å². The number of aromatic nitrogens is 6. The van der Waals surface area contributed by atoms with E-state index in [-0.39, 0.29) is 0 Å². The van der Waals surface area contributed by atoms with Gasteiger partial charge in [-0.1, -0.05) is 182 Å². The van der Waals surface area contributed by atoms with E-state index in [1.807, 2.05) is 60.7 Å². The second kappa shape index (κ2) is 15.6. The van der Waals surface area contributed by atoms with E-state index < -0.39 is 0 Å². The molecule has 0 radical (unpaired) electrons. The zero-order valence-electron chi connectivity index (χ0n) is 37.3. The quantitative estimate of drug-likeness (QED) is 0.160. The average Bonchev–Trinajstić information content (AvgIpc) is 4.07. The Morgan fingerprint density at radius 3 is 1.22 bits per heavy atom. The van der Waals surface area contributed by atoms with Crippen molar-refractivity contribution in [1.29, 1.82) is 0 Å². The molecule has 4 heterocycles. The van der Waals surface area contributed by atoms with Gasteiger partial charge in [0.1, 0.15) is 0 Å². The number of hydrogen-bond donors (Lipinski definition) is 0. The summed E-state index contributed by atoms with van der Waals surface area (Å²) in [5.74, 6) is 1.89. The maximum atomic E-state index is 5.09. The molecule has 10 aromatic carbocycles. The van der Waals surface area contributed by atoms with Gasteiger partial charge in [0, 0.05) is 71.6 Å². The fourth-order valence-electron chi connectivity index (χ4n) is 10.6. The highest BCUT2D eigenvalue weighted by atomic mass is 15.0. The van der Waals surface area contributed by atoms with Crippen molar-refractivity contribution in [2.45, 2.75) is 0 Å². The van der Waals surface area contributed by atoms with Gasteiger partial charge in [0.15, 0.2) is 17.5 Å². The predicted molar refractivity (Wildman–Crippen MR) is 285 cm³/mol. The summed E-state index contributed by atoms with van der Waals surface area (Å²) in [6.07, 6.45) is 0. The van der Waals surface area contributed by atoms with Gasteiger partial charge >= 0.3 is 0 Å². The van der Waals surface area contributed by atoms with Gasteiger partial charge in [-0.25, -0.2) is 15.0 Å². The van der Waals surface area contributed by atoms with Crippen molar-refractivity contribution in [2.24, 2.45) is 0 Å². The lowest BCUT2D eigenvalue weighted by molar-refractivity contribution is 1.07. The van der Waals surface area contributed by atoms with Gasteiger partial charge in [0.25, 0.3) is 0 Å². The highest BCUT2D eigenvalue weighted by Gasteiger charge is 2.25. The molecule has 0 spiro atoms. The highest BCUT2D eigenvalue weighted by molar-refractivity contribution is 6.27. The van der Waals surface area contributed by atoms with Crippen LogP contribution in [-0.2, 0) is 0 Å². The van der Waals surface area contributed by atoms with Crippen molar-refractivity contribution in [3.8, 4) is 62.4 Å². The zero-order chi connectivity index (χ0) is 45.4. The molecule has 6 heteroatoms. The molecule has 0 unspecified atom stereocenters. The Bertz CT molecular complexity index is 4160. The first-order chi connectivity index (χ1) is 34.2. The lowest BCUT2D eigenvalue weighted by Crippen LogP contribution is -2.00. The van der Waals surface area contributed by atoms with E-state index in [1.165, 1.54) is 43.4 Å². The predicted octanol–water partition coefficient (Wildman–Crippen LogP) is 15.8. The summed E-state index contributed by atoms with van der Waals surface area (Å²) in [5, 5.41) is 7.22. The topological polar surface area (TPSA) is 53.5 Å². The molecule has 0 saturated heterocycles. The molecule has 0 saturated carbocycles. The van der Waals surface area contributed by atoms with E-state index in [9.17, 15) is 0 Å². The fraction of sp³-hybridized carbons (Fsp3) is 0. The minimum Gasteiger partial charge on any atom is -0.309 e. The molecular formula is C63H40N6. The van der Waals surface area contributed by atoms with Crippen molar-refractivity contribution >= 4 is 65.4 Å². The Balaban J connectivity index is 1.08. The minimum absolute atomic E-state index is 0.619. The molecule has 0 bridgehead atoms. The first kappa shape index (κ1) is 38.8. The Kier molecular flexibility index (Phi) is 8.79. The van der Waals surface area contributed by atoms with Crippen LogP contribution in [0.3, 0.4) is 0 Å². The van der Waals surface area contributed by atoms with Gasteiger partial charge in [-0.3, -0.25) is 0 Å². The Morgan fingerprint density at radius 2 is 0.667 bits per heavy atom. The van der Waals surface area contributed by atoms with Crippen molar-refractivity contribution in [1.82, 2.24) is 28.7 Å². The molecule has 4 aromatic heterocycles. The van der Waals surface area contributed by atoms with Gasteiger partial charge in [-0.05, 0) is 66.2 Å². The first-order valence-corrected chi connectivity index (χ1v) is 23.4. The average molecular weight is 881 g/mol. The van der Waals surface area contributed by atoms with Crippen molar-refractivity contribution in [3.05, 3.63) is 243 Å². The van der Waals surface area contributed by atoms with E-state index in [0.29, 0.717) is 17.5 Å². The van der Waals surface area contributed by atoms with Crippen LogP contribution in [0.4, 0.5) is 0 Å². The molecule has 0 N–H and O–H groups in total. The Morgan fingerprint density at radius 1 is 0.246 bits per heavy atom. The molecule has 14 aromatic rings. The third-order valence-electron chi connectivity index (χ3n) is 13.7. The SMILES string of the molecule is c1ccc(-c2nc(-c3ccccc3)nc(-c3ccc(-c4cc(-n5c6ccccc6c6ccccc65)cc5c6ccc7c(c8ccccc8n7-c7ccccc7)c6n(-c6ccccc6)c45)cc3)n2)cc1. The lowest BCUT2D eigenvalue weighted by atomic mass is 9.99. The zero-order valence-corrected chi connectivity index (χ0v) is 37.3. The van der Waals surface area contributed by atoms with E-state index in [1.54, 1.807) is 0 Å². The molecule has 0 amide bonds. The van der Waals surface area contributed by atoms with Crippen LogP contribution in [0.15, 0.2) is 243 Å². The minimum atomic E-state index is 0.619. The Hall–Kier alpha value is -9.39. The van der Waals surface area contributed by atoms with Crippen LogP contribution in [0.25, 0.3) is 128 Å². The van der Waals surface area contributed by atoms with Crippen LogP contribution in [0, 0.1) is 0 Å². The van der Waals surface area contributed by atoms with Crippen LogP contribution in [0.1, 0.15) is 0 Å². The molecule has 0 fully saturated rings. The molecule has 6 nitrogen and oxygen atoms in total. The number of nitrogens with zero attached hydrogens (tertiary/aromatic N) is 6. The summed E-state index contributed by atoms with van der Waals surface area (Å²) < 4.78 is 7.36.